The number of rotatable bonds is 8. The van der Waals surface area contributed by atoms with Crippen molar-refractivity contribution in [3.8, 4) is 0 Å². The van der Waals surface area contributed by atoms with Crippen molar-refractivity contribution in [1.82, 2.24) is 19.6 Å². The lowest BCUT2D eigenvalue weighted by molar-refractivity contribution is 0.0656. The number of aromatic nitrogens is 2. The van der Waals surface area contributed by atoms with Gasteiger partial charge in [-0.1, -0.05) is 13.8 Å². The minimum atomic E-state index is -0.191. The molecule has 0 radical (unpaired) electrons. The van der Waals surface area contributed by atoms with Gasteiger partial charge in [0.15, 0.2) is 0 Å². The van der Waals surface area contributed by atoms with Crippen LogP contribution in [-0.2, 0) is 9.47 Å². The van der Waals surface area contributed by atoms with Crippen molar-refractivity contribution in [2.24, 2.45) is 0 Å². The summed E-state index contributed by atoms with van der Waals surface area (Å²) in [5, 5.41) is 7.28. The van der Waals surface area contributed by atoms with Crippen molar-refractivity contribution in [2.45, 2.75) is 53.0 Å². The summed E-state index contributed by atoms with van der Waals surface area (Å²) in [7, 11) is 3.95. The zero-order chi connectivity index (χ0) is 27.9. The van der Waals surface area contributed by atoms with E-state index in [1.54, 1.807) is 31.5 Å². The largest absolute Gasteiger partial charge is 0.385 e. The average molecular weight is 530 g/mol. The molecule has 212 valence electrons. The summed E-state index contributed by atoms with van der Waals surface area (Å²) in [6, 6.07) is 5.51. The van der Waals surface area contributed by atoms with E-state index in [2.05, 4.69) is 27.3 Å². The highest BCUT2D eigenvalue weighted by atomic mass is 16.5. The van der Waals surface area contributed by atoms with Crippen LogP contribution in [0.25, 0.3) is 0 Å². The predicted octanol–water partition coefficient (Wildman–Crippen LogP) is 4.21. The lowest BCUT2D eigenvalue weighted by atomic mass is 10.1. The van der Waals surface area contributed by atoms with Crippen LogP contribution in [0.15, 0.2) is 24.4 Å². The molecular formula is C29H47N5O4. The minimum Gasteiger partial charge on any atom is -0.385 e. The Kier molecular flexibility index (Phi) is 14.2. The molecule has 2 aromatic rings. The fraction of sp³-hybridized carbons (Fsp3) is 0.621. The zero-order valence-electron chi connectivity index (χ0n) is 24.2. The van der Waals surface area contributed by atoms with Gasteiger partial charge in [-0.15, -0.1) is 0 Å². The lowest BCUT2D eigenvalue weighted by Gasteiger charge is -2.32. The second kappa shape index (κ2) is 17.1. The number of piperazine rings is 1. The summed E-state index contributed by atoms with van der Waals surface area (Å²) >= 11 is 0. The number of methoxy groups -OCH3 is 1. The molecular weight excluding hydrogens is 482 g/mol. The first-order chi connectivity index (χ1) is 18.4. The molecule has 2 aliphatic rings. The predicted molar refractivity (Wildman–Crippen MR) is 152 cm³/mol. The number of benzene rings is 1. The van der Waals surface area contributed by atoms with E-state index in [9.17, 15) is 9.59 Å². The summed E-state index contributed by atoms with van der Waals surface area (Å²) < 4.78 is 12.3. The van der Waals surface area contributed by atoms with E-state index in [0.717, 1.165) is 50.2 Å². The van der Waals surface area contributed by atoms with Crippen LogP contribution in [0.1, 0.15) is 71.1 Å². The van der Waals surface area contributed by atoms with E-state index >= 15 is 0 Å². The van der Waals surface area contributed by atoms with Crippen LogP contribution in [0.5, 0.6) is 0 Å². The summed E-state index contributed by atoms with van der Waals surface area (Å²) in [5.74, 6) is -0.191. The average Bonchev–Trinajstić information content (AvgIpc) is 3.33. The molecule has 2 saturated heterocycles. The van der Waals surface area contributed by atoms with Crippen LogP contribution in [0.3, 0.4) is 0 Å². The summed E-state index contributed by atoms with van der Waals surface area (Å²) in [5.41, 5.74) is 3.55. The number of nitrogens with zero attached hydrogens (tertiary/aromatic N) is 4. The Morgan fingerprint density at radius 2 is 1.84 bits per heavy atom. The van der Waals surface area contributed by atoms with Gasteiger partial charge >= 0.3 is 0 Å². The number of hydrogen-bond donors (Lipinski definition) is 1. The molecule has 1 aromatic heterocycles. The molecule has 9 heteroatoms. The quantitative estimate of drug-likeness (QED) is 0.405. The third-order valence-electron chi connectivity index (χ3n) is 6.90. The van der Waals surface area contributed by atoms with Crippen molar-refractivity contribution < 1.29 is 19.1 Å². The summed E-state index contributed by atoms with van der Waals surface area (Å²) in [6.07, 6.45) is 5.42. The van der Waals surface area contributed by atoms with Gasteiger partial charge in [-0.3, -0.25) is 14.3 Å². The Morgan fingerprint density at radius 1 is 1.16 bits per heavy atom. The van der Waals surface area contributed by atoms with E-state index < -0.39 is 0 Å². The first kappa shape index (κ1) is 31.6. The van der Waals surface area contributed by atoms with E-state index in [4.69, 9.17) is 9.47 Å². The molecule has 2 aliphatic heterocycles. The highest BCUT2D eigenvalue weighted by Crippen LogP contribution is 2.24. The van der Waals surface area contributed by atoms with Crippen molar-refractivity contribution in [3.05, 3.63) is 46.8 Å². The minimum absolute atomic E-state index is 0.191. The summed E-state index contributed by atoms with van der Waals surface area (Å²) in [6.45, 7) is 16.2. The number of hydrogen-bond acceptors (Lipinski definition) is 7. The number of aldehydes is 1. The number of anilines is 1. The number of aryl methyl sites for hydroxylation is 1. The molecule has 3 heterocycles. The van der Waals surface area contributed by atoms with Gasteiger partial charge in [-0.2, -0.15) is 5.10 Å². The van der Waals surface area contributed by atoms with Crippen molar-refractivity contribution in [3.63, 3.8) is 0 Å². The van der Waals surface area contributed by atoms with Crippen LogP contribution in [-0.4, -0.2) is 98.5 Å². The molecule has 2 fully saturated rings. The molecule has 0 aliphatic carbocycles. The fourth-order valence-corrected chi connectivity index (χ4v) is 4.53. The molecule has 0 spiro atoms. The molecule has 1 aromatic carbocycles. The number of ether oxygens (including phenoxy) is 2. The highest BCUT2D eigenvalue weighted by Gasteiger charge is 2.22. The molecule has 0 unspecified atom stereocenters. The van der Waals surface area contributed by atoms with Gasteiger partial charge in [-0.25, -0.2) is 0 Å². The molecule has 1 amide bonds. The number of likely N-dealkylation sites (N-methyl/N-ethyl adjacent to an activating group) is 1. The molecule has 1 N–H and O–H groups in total. The summed E-state index contributed by atoms with van der Waals surface area (Å²) in [4.78, 5) is 28.3. The highest BCUT2D eigenvalue weighted by molar-refractivity contribution is 6.05. The van der Waals surface area contributed by atoms with Gasteiger partial charge in [0.25, 0.3) is 5.91 Å². The van der Waals surface area contributed by atoms with E-state index in [-0.39, 0.29) is 11.9 Å². The molecule has 0 bridgehead atoms. The van der Waals surface area contributed by atoms with Crippen LogP contribution < -0.4 is 5.32 Å². The van der Waals surface area contributed by atoms with E-state index in [0.29, 0.717) is 16.8 Å². The SMILES string of the molecule is CC.COCCCN1CCN(C)CC1.Cc1cc(NC(=O)c2cnn(C3CCOCC3)c2C)ccc1C=O. The zero-order valence-corrected chi connectivity index (χ0v) is 24.2. The van der Waals surface area contributed by atoms with Gasteiger partial charge in [0.05, 0.1) is 17.8 Å². The molecule has 0 atom stereocenters. The maximum absolute atomic E-state index is 12.5. The van der Waals surface area contributed by atoms with Gasteiger partial charge in [0.1, 0.15) is 6.29 Å². The Bertz CT molecular complexity index is 979. The normalized spacial score (nSPS) is 16.6. The first-order valence-corrected chi connectivity index (χ1v) is 13.8. The molecule has 0 saturated carbocycles. The molecule has 38 heavy (non-hydrogen) atoms. The van der Waals surface area contributed by atoms with Crippen LogP contribution in [0.4, 0.5) is 5.69 Å². The van der Waals surface area contributed by atoms with Crippen molar-refractivity contribution in [1.29, 1.82) is 0 Å². The van der Waals surface area contributed by atoms with Gasteiger partial charge in [0, 0.05) is 76.6 Å². The van der Waals surface area contributed by atoms with Crippen molar-refractivity contribution in [2.75, 3.05) is 72.0 Å². The lowest BCUT2D eigenvalue weighted by Crippen LogP contribution is -2.44. The monoisotopic (exact) mass is 529 g/mol. The Morgan fingerprint density at radius 3 is 2.45 bits per heavy atom. The topological polar surface area (TPSA) is 88.9 Å². The second-order valence-corrected chi connectivity index (χ2v) is 9.57. The Labute approximate surface area is 228 Å². The third-order valence-corrected chi connectivity index (χ3v) is 6.90. The van der Waals surface area contributed by atoms with E-state index in [1.807, 2.05) is 32.4 Å². The maximum atomic E-state index is 12.5. The smallest absolute Gasteiger partial charge is 0.259 e. The van der Waals surface area contributed by atoms with Crippen molar-refractivity contribution >= 4 is 17.9 Å². The Balaban J connectivity index is 0.000000305. The third kappa shape index (κ3) is 9.62. The number of carbonyl (C=O) groups excluding carboxylic acids is 2. The number of nitrogens with one attached hydrogen (secondary N) is 1. The van der Waals surface area contributed by atoms with Crippen LogP contribution in [0.2, 0.25) is 0 Å². The molecule has 9 nitrogen and oxygen atoms in total. The van der Waals surface area contributed by atoms with Crippen LogP contribution >= 0.6 is 0 Å². The van der Waals surface area contributed by atoms with E-state index in [1.165, 1.54) is 39.1 Å². The molecule has 4 rings (SSSR count). The second-order valence-electron chi connectivity index (χ2n) is 9.57. The van der Waals surface area contributed by atoms with Gasteiger partial charge in [-0.05, 0) is 63.9 Å². The maximum Gasteiger partial charge on any atom is 0.259 e. The van der Waals surface area contributed by atoms with Gasteiger partial charge in [0.2, 0.25) is 0 Å². The first-order valence-electron chi connectivity index (χ1n) is 13.8. The Hall–Kier alpha value is -2.59. The number of carbonyl (C=O) groups is 2. The van der Waals surface area contributed by atoms with Crippen LogP contribution in [0, 0.1) is 13.8 Å². The standard InChI is InChI=1S/C18H21N3O3.C9H20N2O.C2H6/c1-12-9-15(4-3-14(12)11-22)20-18(23)17-10-19-21(13(17)2)16-5-7-24-8-6-16;1-10-5-7-11(8-6-10)4-3-9-12-2;1-2/h3-4,9-11,16H,5-8H2,1-2H3,(H,20,23);3-9H2,1-2H3;1-2H3. The van der Waals surface area contributed by atoms with Gasteiger partial charge < -0.3 is 24.6 Å². The number of amides is 1. The fourth-order valence-electron chi connectivity index (χ4n) is 4.53.